The molecule has 2 heterocycles. The Balaban J connectivity index is 1.04. The zero-order chi connectivity index (χ0) is 38.6. The molecule has 4 aromatic rings. The maximum atomic E-state index is 15.4. The van der Waals surface area contributed by atoms with Gasteiger partial charge in [0, 0.05) is 75.0 Å². The van der Waals surface area contributed by atoms with Gasteiger partial charge in [0.1, 0.15) is 17.0 Å². The zero-order valence-electron chi connectivity index (χ0n) is 31.5. The monoisotopic (exact) mass is 742 g/mol. The van der Waals surface area contributed by atoms with Crippen LogP contribution in [0.4, 0.5) is 14.5 Å². The van der Waals surface area contributed by atoms with E-state index in [2.05, 4.69) is 36.0 Å². The fourth-order valence-electron chi connectivity index (χ4n) is 6.97. The van der Waals surface area contributed by atoms with Crippen LogP contribution in [0.15, 0.2) is 66.9 Å². The van der Waals surface area contributed by atoms with Crippen molar-refractivity contribution in [3.63, 3.8) is 0 Å². The Labute approximate surface area is 314 Å². The third-order valence-corrected chi connectivity index (χ3v) is 10.2. The van der Waals surface area contributed by atoms with E-state index >= 15 is 4.39 Å². The molecule has 1 aliphatic heterocycles. The number of fused-ring (bicyclic) bond motifs is 1. The normalized spacial score (nSPS) is 18.6. The van der Waals surface area contributed by atoms with Crippen molar-refractivity contribution in [1.82, 2.24) is 14.8 Å². The summed E-state index contributed by atoms with van der Waals surface area (Å²) in [5, 5.41) is 3.30. The van der Waals surface area contributed by atoms with Crippen molar-refractivity contribution >= 4 is 34.2 Å². The van der Waals surface area contributed by atoms with Gasteiger partial charge in [-0.15, -0.1) is 0 Å². The summed E-state index contributed by atoms with van der Waals surface area (Å²) in [6.45, 7) is 12.5. The Morgan fingerprint density at radius 1 is 0.926 bits per heavy atom. The van der Waals surface area contributed by atoms with E-state index in [0.717, 1.165) is 45.2 Å². The van der Waals surface area contributed by atoms with Crippen molar-refractivity contribution in [3.8, 4) is 23.0 Å². The molecule has 6 rings (SSSR count). The highest BCUT2D eigenvalue weighted by molar-refractivity contribution is 6.14. The number of Topliss-reactive ketones (excluding diaryl/α,β-unsaturated/α-hetero) is 1. The number of pyridine rings is 1. The first-order valence-corrected chi connectivity index (χ1v) is 18.4. The van der Waals surface area contributed by atoms with Crippen molar-refractivity contribution in [2.24, 2.45) is 16.7 Å². The zero-order valence-corrected chi connectivity index (χ0v) is 31.5. The van der Waals surface area contributed by atoms with Crippen molar-refractivity contribution in [3.05, 3.63) is 84.1 Å². The number of hydrogen-bond acceptors (Lipinski definition) is 8. The molecule has 10 nitrogen and oxygen atoms in total. The number of rotatable bonds is 14. The smallest absolute Gasteiger partial charge is 0.238 e. The molecule has 0 spiro atoms. The molecule has 54 heavy (non-hydrogen) atoms. The van der Waals surface area contributed by atoms with E-state index in [1.165, 1.54) is 36.4 Å². The number of amides is 2. The lowest BCUT2D eigenvalue weighted by molar-refractivity contribution is -0.135. The van der Waals surface area contributed by atoms with Crippen LogP contribution in [-0.4, -0.2) is 78.8 Å². The summed E-state index contributed by atoms with van der Waals surface area (Å²) in [5.41, 5.74) is 0.133. The molecule has 2 fully saturated rings. The van der Waals surface area contributed by atoms with Crippen LogP contribution in [-0.2, 0) is 20.8 Å². The van der Waals surface area contributed by atoms with Gasteiger partial charge in [-0.1, -0.05) is 39.8 Å². The molecule has 1 saturated heterocycles. The Kier molecular flexibility index (Phi) is 11.5. The number of carbonyl (C=O) groups excluding carboxylic acids is 3. The molecule has 3 aromatic carbocycles. The van der Waals surface area contributed by atoms with Crippen LogP contribution in [0.1, 0.15) is 52.5 Å². The predicted octanol–water partition coefficient (Wildman–Crippen LogP) is 7.44. The number of benzene rings is 3. The topological polar surface area (TPSA) is 110 Å². The van der Waals surface area contributed by atoms with E-state index in [1.807, 2.05) is 11.8 Å². The molecule has 0 unspecified atom stereocenters. The second-order valence-electron chi connectivity index (χ2n) is 15.5. The molecule has 1 N–H and O–H groups in total. The molecule has 2 amide bonds. The van der Waals surface area contributed by atoms with Crippen molar-refractivity contribution < 1.29 is 37.4 Å². The van der Waals surface area contributed by atoms with Gasteiger partial charge in [-0.2, -0.15) is 0 Å². The number of halogens is 2. The highest BCUT2D eigenvalue weighted by Gasteiger charge is 2.62. The van der Waals surface area contributed by atoms with Crippen molar-refractivity contribution in [2.75, 3.05) is 51.8 Å². The number of hydrogen-bond donors (Lipinski definition) is 1. The summed E-state index contributed by atoms with van der Waals surface area (Å²) < 4.78 is 46.5. The van der Waals surface area contributed by atoms with Crippen molar-refractivity contribution in [2.45, 2.75) is 53.4 Å². The number of piperazine rings is 1. The van der Waals surface area contributed by atoms with Gasteiger partial charge < -0.3 is 24.4 Å². The van der Waals surface area contributed by atoms with Crippen LogP contribution in [0, 0.1) is 28.4 Å². The van der Waals surface area contributed by atoms with Gasteiger partial charge in [0.05, 0.1) is 19.2 Å². The molecule has 12 heteroatoms. The van der Waals surface area contributed by atoms with Gasteiger partial charge in [-0.3, -0.25) is 24.3 Å². The number of nitrogens with zero attached hydrogens (tertiary/aromatic N) is 3. The highest BCUT2D eigenvalue weighted by atomic mass is 19.1. The molecular formula is C42H48F2N4O6. The standard InChI is InChI=1S/C42H48F2N4O6/c1-27-25-42(27,38(49)21-28-7-9-29(43)10-8-28)40(51)46-30-11-12-35(32(44)22-30)54-34-13-14-45-33-24-37(36(52-5)23-31(33)34)53-20-6-15-47-16-18-48(19-17-47)39(50)26-41(2,3)4/h7-14,22-24,27H,6,15-21,25-26H2,1-5H3,(H,46,51)/t27-,42-/m1/s1. The summed E-state index contributed by atoms with van der Waals surface area (Å²) in [5.74, 6) is -0.555. The van der Waals surface area contributed by atoms with Gasteiger partial charge >= 0.3 is 0 Å². The largest absolute Gasteiger partial charge is 0.493 e. The fraction of sp³-hybridized carbons (Fsp3) is 0.429. The third-order valence-electron chi connectivity index (χ3n) is 10.2. The van der Waals surface area contributed by atoms with E-state index in [4.69, 9.17) is 14.2 Å². The summed E-state index contributed by atoms with van der Waals surface area (Å²) in [7, 11) is 1.54. The Morgan fingerprint density at radius 2 is 1.65 bits per heavy atom. The highest BCUT2D eigenvalue weighted by Crippen LogP contribution is 2.54. The van der Waals surface area contributed by atoms with Gasteiger partial charge in [0.15, 0.2) is 28.8 Å². The summed E-state index contributed by atoms with van der Waals surface area (Å²) >= 11 is 0. The first-order valence-electron chi connectivity index (χ1n) is 18.4. The second kappa shape index (κ2) is 16.1. The van der Waals surface area contributed by atoms with E-state index in [0.29, 0.717) is 53.2 Å². The molecule has 2 atom stereocenters. The number of carbonyl (C=O) groups is 3. The molecule has 1 aliphatic carbocycles. The lowest BCUT2D eigenvalue weighted by Gasteiger charge is -2.36. The summed E-state index contributed by atoms with van der Waals surface area (Å²) in [4.78, 5) is 47.9. The van der Waals surface area contributed by atoms with Crippen LogP contribution in [0.3, 0.4) is 0 Å². The molecule has 0 bridgehead atoms. The Morgan fingerprint density at radius 3 is 2.30 bits per heavy atom. The lowest BCUT2D eigenvalue weighted by atomic mass is 9.91. The van der Waals surface area contributed by atoms with Crippen LogP contribution in [0.2, 0.25) is 0 Å². The fourth-order valence-corrected chi connectivity index (χ4v) is 6.97. The van der Waals surface area contributed by atoms with Crippen molar-refractivity contribution in [1.29, 1.82) is 0 Å². The van der Waals surface area contributed by atoms with Crippen LogP contribution < -0.4 is 19.5 Å². The van der Waals surface area contributed by atoms with Crippen LogP contribution in [0.5, 0.6) is 23.0 Å². The molecule has 1 aromatic heterocycles. The number of ketones is 1. The Bertz CT molecular complexity index is 2010. The minimum Gasteiger partial charge on any atom is -0.493 e. The quantitative estimate of drug-likeness (QED) is 0.105. The van der Waals surface area contributed by atoms with E-state index in [-0.39, 0.29) is 40.9 Å². The Hall–Kier alpha value is -5.10. The minimum absolute atomic E-state index is 0.00159. The average molecular weight is 743 g/mol. The number of nitrogens with one attached hydrogen (secondary N) is 1. The number of anilines is 1. The first-order chi connectivity index (χ1) is 25.8. The first kappa shape index (κ1) is 38.6. The van der Waals surface area contributed by atoms with Crippen LogP contribution >= 0.6 is 0 Å². The number of aromatic nitrogens is 1. The predicted molar refractivity (Wildman–Crippen MR) is 202 cm³/mol. The molecular weight excluding hydrogens is 694 g/mol. The minimum atomic E-state index is -1.22. The molecule has 1 saturated carbocycles. The summed E-state index contributed by atoms with van der Waals surface area (Å²) in [6.07, 6.45) is 3.28. The SMILES string of the molecule is COc1cc2c(Oc3ccc(NC(=O)[C@]4(C(=O)Cc5ccc(F)cc5)C[C@H]4C)cc3F)ccnc2cc1OCCCN1CCN(C(=O)CC(C)(C)C)CC1. The third kappa shape index (κ3) is 8.98. The van der Waals surface area contributed by atoms with Gasteiger partial charge in [0.25, 0.3) is 0 Å². The molecule has 286 valence electrons. The van der Waals surface area contributed by atoms with E-state index < -0.39 is 23.0 Å². The lowest BCUT2D eigenvalue weighted by Crippen LogP contribution is -2.49. The summed E-state index contributed by atoms with van der Waals surface area (Å²) in [6, 6.07) is 14.8. The average Bonchev–Trinajstić information content (AvgIpc) is 3.83. The number of methoxy groups -OCH3 is 1. The molecule has 2 aliphatic rings. The van der Waals surface area contributed by atoms with Gasteiger partial charge in [-0.05, 0) is 66.1 Å². The van der Waals surface area contributed by atoms with Gasteiger partial charge in [-0.25, -0.2) is 8.78 Å². The maximum absolute atomic E-state index is 15.4. The van der Waals surface area contributed by atoms with E-state index in [9.17, 15) is 18.8 Å². The second-order valence-corrected chi connectivity index (χ2v) is 15.5. The van der Waals surface area contributed by atoms with E-state index in [1.54, 1.807) is 31.5 Å². The van der Waals surface area contributed by atoms with Crippen LogP contribution in [0.25, 0.3) is 10.9 Å². The maximum Gasteiger partial charge on any atom is 0.238 e. The van der Waals surface area contributed by atoms with Gasteiger partial charge in [0.2, 0.25) is 11.8 Å². The number of ether oxygens (including phenoxy) is 3. The molecule has 0 radical (unpaired) electrons.